The summed E-state index contributed by atoms with van der Waals surface area (Å²) in [7, 11) is 0. The molecule has 1 fully saturated rings. The summed E-state index contributed by atoms with van der Waals surface area (Å²) in [6.45, 7) is 1.42. The van der Waals surface area contributed by atoms with Crippen molar-refractivity contribution in [2.75, 3.05) is 18.0 Å². The lowest BCUT2D eigenvalue weighted by atomic mass is 10.0. The highest BCUT2D eigenvalue weighted by Gasteiger charge is 2.18. The van der Waals surface area contributed by atoms with E-state index in [0.717, 1.165) is 24.5 Å². The molecule has 0 atom stereocenters. The molecule has 1 saturated heterocycles. The lowest BCUT2D eigenvalue weighted by Gasteiger charge is -2.29. The Balaban J connectivity index is 1.72. The summed E-state index contributed by atoms with van der Waals surface area (Å²) in [6, 6.07) is 5.95. The van der Waals surface area contributed by atoms with Crippen molar-refractivity contribution >= 4 is 11.9 Å². The van der Waals surface area contributed by atoms with Crippen LogP contribution in [0.4, 0.5) is 14.6 Å². The molecule has 2 aromatic rings. The van der Waals surface area contributed by atoms with E-state index in [1.807, 2.05) is 17.0 Å². The van der Waals surface area contributed by atoms with Gasteiger partial charge in [0.15, 0.2) is 23.1 Å². The lowest BCUT2D eigenvalue weighted by molar-refractivity contribution is 0.508. The first-order valence-corrected chi connectivity index (χ1v) is 7.28. The van der Waals surface area contributed by atoms with Crippen molar-refractivity contribution in [2.24, 2.45) is 0 Å². The highest BCUT2D eigenvalue weighted by atomic mass is 19.2. The predicted molar refractivity (Wildman–Crippen MR) is 82.5 cm³/mol. The number of hydrogen-bond donors (Lipinski definition) is 0. The summed E-state index contributed by atoms with van der Waals surface area (Å²) in [5.74, 6) is -1.08. The van der Waals surface area contributed by atoms with Crippen LogP contribution >= 0.6 is 0 Å². The smallest absolute Gasteiger partial charge is 0.183 e. The molecule has 0 unspecified atom stereocenters. The third-order valence-electron chi connectivity index (χ3n) is 3.80. The molecule has 23 heavy (non-hydrogen) atoms. The lowest BCUT2D eigenvalue weighted by Crippen LogP contribution is -2.32. The van der Waals surface area contributed by atoms with Crippen molar-refractivity contribution in [2.45, 2.75) is 12.8 Å². The SMILES string of the molecule is N#Cc1nccnc1N1CCC(=Cc2ccc(F)c(F)c2)CC1. The van der Waals surface area contributed by atoms with Gasteiger partial charge in [0.1, 0.15) is 6.07 Å². The van der Waals surface area contributed by atoms with Crippen molar-refractivity contribution in [1.82, 2.24) is 9.97 Å². The van der Waals surface area contributed by atoms with E-state index in [0.29, 0.717) is 30.2 Å². The molecule has 0 saturated carbocycles. The zero-order valence-corrected chi connectivity index (χ0v) is 12.3. The van der Waals surface area contributed by atoms with E-state index in [4.69, 9.17) is 5.26 Å². The number of piperidine rings is 1. The molecule has 0 spiro atoms. The number of aromatic nitrogens is 2. The fourth-order valence-electron chi connectivity index (χ4n) is 2.63. The topological polar surface area (TPSA) is 52.8 Å². The van der Waals surface area contributed by atoms with Crippen LogP contribution in [0.1, 0.15) is 24.1 Å². The van der Waals surface area contributed by atoms with Crippen molar-refractivity contribution in [3.05, 3.63) is 59.1 Å². The maximum Gasteiger partial charge on any atom is 0.183 e. The maximum atomic E-state index is 13.2. The summed E-state index contributed by atoms with van der Waals surface area (Å²) in [5, 5.41) is 9.09. The van der Waals surface area contributed by atoms with E-state index in [2.05, 4.69) is 9.97 Å². The molecule has 2 heterocycles. The van der Waals surface area contributed by atoms with Gasteiger partial charge in [0.2, 0.25) is 0 Å². The van der Waals surface area contributed by atoms with Gasteiger partial charge in [0, 0.05) is 25.5 Å². The van der Waals surface area contributed by atoms with Crippen molar-refractivity contribution in [3.8, 4) is 6.07 Å². The summed E-state index contributed by atoms with van der Waals surface area (Å²) < 4.78 is 26.2. The van der Waals surface area contributed by atoms with Crippen LogP contribution < -0.4 is 4.90 Å². The number of nitriles is 1. The fourth-order valence-corrected chi connectivity index (χ4v) is 2.63. The number of nitrogens with zero attached hydrogens (tertiary/aromatic N) is 4. The summed E-state index contributed by atoms with van der Waals surface area (Å²) in [6.07, 6.45) is 6.52. The second-order valence-electron chi connectivity index (χ2n) is 5.30. The highest BCUT2D eigenvalue weighted by molar-refractivity contribution is 5.55. The molecule has 116 valence electrons. The van der Waals surface area contributed by atoms with E-state index in [-0.39, 0.29) is 0 Å². The maximum absolute atomic E-state index is 13.2. The molecular formula is C17H14F2N4. The van der Waals surface area contributed by atoms with Gasteiger partial charge in [-0.2, -0.15) is 5.26 Å². The highest BCUT2D eigenvalue weighted by Crippen LogP contribution is 2.24. The van der Waals surface area contributed by atoms with E-state index in [1.165, 1.54) is 12.3 Å². The van der Waals surface area contributed by atoms with Gasteiger partial charge in [-0.1, -0.05) is 17.7 Å². The van der Waals surface area contributed by atoms with Crippen molar-refractivity contribution < 1.29 is 8.78 Å². The van der Waals surface area contributed by atoms with Gasteiger partial charge >= 0.3 is 0 Å². The van der Waals surface area contributed by atoms with Crippen molar-refractivity contribution in [1.29, 1.82) is 5.26 Å². The van der Waals surface area contributed by atoms with Crippen LogP contribution in [0, 0.1) is 23.0 Å². The molecule has 0 radical (unpaired) electrons. The van der Waals surface area contributed by atoms with Gasteiger partial charge in [0.05, 0.1) is 0 Å². The largest absolute Gasteiger partial charge is 0.354 e. The minimum atomic E-state index is -0.839. The van der Waals surface area contributed by atoms with Gasteiger partial charge < -0.3 is 4.90 Å². The normalized spacial score (nSPS) is 14.5. The van der Waals surface area contributed by atoms with Gasteiger partial charge in [-0.3, -0.25) is 0 Å². The van der Waals surface area contributed by atoms with Crippen molar-refractivity contribution in [3.63, 3.8) is 0 Å². The third kappa shape index (κ3) is 3.34. The number of rotatable bonds is 2. The fraction of sp³-hybridized carbons (Fsp3) is 0.235. The van der Waals surface area contributed by atoms with Crippen LogP contribution in [0.15, 0.2) is 36.2 Å². The molecule has 0 N–H and O–H groups in total. The van der Waals surface area contributed by atoms with Crippen LogP contribution in [0.3, 0.4) is 0 Å². The molecule has 1 aromatic heterocycles. The Morgan fingerprint density at radius 3 is 2.52 bits per heavy atom. The molecule has 6 heteroatoms. The Hall–Kier alpha value is -2.81. The summed E-state index contributed by atoms with van der Waals surface area (Å²) in [4.78, 5) is 10.3. The average Bonchev–Trinajstić information content (AvgIpc) is 2.59. The average molecular weight is 312 g/mol. The second kappa shape index (κ2) is 6.53. The molecule has 4 nitrogen and oxygen atoms in total. The minimum Gasteiger partial charge on any atom is -0.354 e. The molecule has 3 rings (SSSR count). The van der Waals surface area contributed by atoms with Crippen LogP contribution in [-0.2, 0) is 0 Å². The molecule has 1 aliphatic rings. The first kappa shape index (κ1) is 15.1. The monoisotopic (exact) mass is 312 g/mol. The van der Waals surface area contributed by atoms with Gasteiger partial charge in [-0.15, -0.1) is 0 Å². The number of hydrogen-bond acceptors (Lipinski definition) is 4. The van der Waals surface area contributed by atoms with E-state index in [1.54, 1.807) is 12.3 Å². The van der Waals surface area contributed by atoms with E-state index in [9.17, 15) is 8.78 Å². The van der Waals surface area contributed by atoms with Crippen LogP contribution in [0.2, 0.25) is 0 Å². The quantitative estimate of drug-likeness (QED) is 0.853. The Labute approximate surface area is 132 Å². The standard InChI is InChI=1S/C17H14F2N4/c18-14-2-1-13(10-15(14)19)9-12-3-7-23(8-4-12)17-16(11-20)21-5-6-22-17/h1-2,5-6,9-10H,3-4,7-8H2. The van der Waals surface area contributed by atoms with Gasteiger partial charge in [0.25, 0.3) is 0 Å². The van der Waals surface area contributed by atoms with E-state index >= 15 is 0 Å². The first-order valence-electron chi connectivity index (χ1n) is 7.28. The molecule has 0 aliphatic carbocycles. The van der Waals surface area contributed by atoms with Crippen LogP contribution in [0.5, 0.6) is 0 Å². The zero-order chi connectivity index (χ0) is 16.2. The molecule has 1 aliphatic heterocycles. The number of benzene rings is 1. The molecular weight excluding hydrogens is 298 g/mol. The Morgan fingerprint density at radius 1 is 1.09 bits per heavy atom. The van der Waals surface area contributed by atoms with Gasteiger partial charge in [-0.25, -0.2) is 18.7 Å². The Bertz CT molecular complexity index is 785. The summed E-state index contributed by atoms with van der Waals surface area (Å²) in [5.41, 5.74) is 2.14. The predicted octanol–water partition coefficient (Wildman–Crippen LogP) is 3.31. The molecule has 0 amide bonds. The van der Waals surface area contributed by atoms with E-state index < -0.39 is 11.6 Å². The van der Waals surface area contributed by atoms with Crippen LogP contribution in [0.25, 0.3) is 6.08 Å². The third-order valence-corrected chi connectivity index (χ3v) is 3.80. The number of anilines is 1. The van der Waals surface area contributed by atoms with Crippen LogP contribution in [-0.4, -0.2) is 23.1 Å². The van der Waals surface area contributed by atoms with Gasteiger partial charge in [-0.05, 0) is 30.5 Å². The Kier molecular flexibility index (Phi) is 4.29. The molecule has 1 aromatic carbocycles. The Morgan fingerprint density at radius 2 is 1.83 bits per heavy atom. The number of halogens is 2. The first-order chi connectivity index (χ1) is 11.2. The zero-order valence-electron chi connectivity index (χ0n) is 12.3. The minimum absolute atomic E-state index is 0.320. The second-order valence-corrected chi connectivity index (χ2v) is 5.30. The molecule has 0 bridgehead atoms. The summed E-state index contributed by atoms with van der Waals surface area (Å²) >= 11 is 0.